The zero-order valence-corrected chi connectivity index (χ0v) is 15.6. The maximum Gasteiger partial charge on any atom is 0.364 e. The number of amides is 1. The lowest BCUT2D eigenvalue weighted by Gasteiger charge is -2.31. The van der Waals surface area contributed by atoms with Crippen LogP contribution in [0.15, 0.2) is 16.0 Å². The lowest BCUT2D eigenvalue weighted by molar-refractivity contribution is -0.121. The summed E-state index contributed by atoms with van der Waals surface area (Å²) in [5.74, 6) is -0.973. The Morgan fingerprint density at radius 3 is 2.69 bits per heavy atom. The van der Waals surface area contributed by atoms with E-state index in [4.69, 9.17) is 0 Å². The summed E-state index contributed by atoms with van der Waals surface area (Å²) < 4.78 is 29.3. The molecule has 26 heavy (non-hydrogen) atoms. The van der Waals surface area contributed by atoms with Crippen molar-refractivity contribution in [3.63, 3.8) is 0 Å². The number of piperidine rings is 1. The number of H-pyrrole nitrogens is 1. The Balaban J connectivity index is 1.78. The molecule has 1 atom stereocenters. The second kappa shape index (κ2) is 6.68. The monoisotopic (exact) mass is 383 g/mol. The van der Waals surface area contributed by atoms with E-state index in [1.807, 2.05) is 0 Å². The fourth-order valence-corrected chi connectivity index (χ4v) is 4.95. The van der Waals surface area contributed by atoms with Crippen LogP contribution in [0.25, 0.3) is 0 Å². The van der Waals surface area contributed by atoms with E-state index in [2.05, 4.69) is 20.7 Å². The number of hydrogen-bond donors (Lipinski definition) is 2. The molecule has 0 radical (unpaired) electrons. The number of carbonyl (C=O) groups excluding carboxylic acids is 1. The van der Waals surface area contributed by atoms with Crippen molar-refractivity contribution in [1.82, 2.24) is 29.0 Å². The van der Waals surface area contributed by atoms with Gasteiger partial charge in [0.05, 0.1) is 17.3 Å². The van der Waals surface area contributed by atoms with Gasteiger partial charge in [0, 0.05) is 20.1 Å². The van der Waals surface area contributed by atoms with E-state index in [0.717, 1.165) is 9.36 Å². The van der Waals surface area contributed by atoms with E-state index in [9.17, 15) is 18.0 Å². The molecule has 1 unspecified atom stereocenters. The molecule has 2 aromatic rings. The van der Waals surface area contributed by atoms with Gasteiger partial charge in [0.2, 0.25) is 15.9 Å². The fourth-order valence-electron chi connectivity index (χ4n) is 3.10. The number of aryl methyl sites for hydroxylation is 3. The first-order chi connectivity index (χ1) is 12.2. The third kappa shape index (κ3) is 3.17. The minimum atomic E-state index is -3.75. The third-order valence-corrected chi connectivity index (χ3v) is 6.60. The molecular formula is C14H21N7O4S. The summed E-state index contributed by atoms with van der Waals surface area (Å²) in [6.07, 6.45) is 2.29. The molecule has 0 aromatic carbocycles. The van der Waals surface area contributed by atoms with Crippen molar-refractivity contribution in [2.45, 2.75) is 31.6 Å². The fraction of sp³-hybridized carbons (Fsp3) is 0.571. The number of nitrogens with zero attached hydrogens (tertiary/aromatic N) is 5. The van der Waals surface area contributed by atoms with E-state index in [0.29, 0.717) is 30.8 Å². The number of aromatic nitrogens is 5. The van der Waals surface area contributed by atoms with Crippen LogP contribution in [-0.4, -0.2) is 56.4 Å². The van der Waals surface area contributed by atoms with Crippen molar-refractivity contribution in [3.05, 3.63) is 28.2 Å². The normalized spacial score (nSPS) is 18.8. The van der Waals surface area contributed by atoms with Crippen molar-refractivity contribution in [2.24, 2.45) is 13.0 Å². The maximum absolute atomic E-state index is 12.9. The number of rotatable bonds is 4. The minimum absolute atomic E-state index is 0.0488. The van der Waals surface area contributed by atoms with Gasteiger partial charge >= 0.3 is 5.69 Å². The van der Waals surface area contributed by atoms with Gasteiger partial charge in [0.15, 0.2) is 0 Å². The van der Waals surface area contributed by atoms with Crippen LogP contribution in [0, 0.1) is 19.8 Å². The predicted octanol–water partition coefficient (Wildman–Crippen LogP) is -0.907. The molecule has 0 aliphatic carbocycles. The van der Waals surface area contributed by atoms with Gasteiger partial charge in [-0.15, -0.1) is 0 Å². The average Bonchev–Trinajstić information content (AvgIpc) is 3.11. The number of sulfonamides is 1. The average molecular weight is 383 g/mol. The van der Waals surface area contributed by atoms with Crippen LogP contribution >= 0.6 is 0 Å². The highest BCUT2D eigenvalue weighted by molar-refractivity contribution is 7.89. The van der Waals surface area contributed by atoms with Crippen LogP contribution in [0.1, 0.15) is 24.2 Å². The summed E-state index contributed by atoms with van der Waals surface area (Å²) in [5, 5.41) is 10.4. The van der Waals surface area contributed by atoms with Crippen molar-refractivity contribution >= 4 is 15.9 Å². The van der Waals surface area contributed by atoms with Crippen LogP contribution in [0.2, 0.25) is 0 Å². The van der Waals surface area contributed by atoms with E-state index in [1.54, 1.807) is 13.8 Å². The third-order valence-electron chi connectivity index (χ3n) is 4.47. The molecule has 2 N–H and O–H groups in total. The van der Waals surface area contributed by atoms with Gasteiger partial charge in [-0.05, 0) is 26.7 Å². The molecule has 11 nitrogen and oxygen atoms in total. The Bertz CT molecular complexity index is 968. The highest BCUT2D eigenvalue weighted by Crippen LogP contribution is 2.26. The smallest absolute Gasteiger partial charge is 0.281 e. The molecular weight excluding hydrogens is 362 g/mol. The summed E-state index contributed by atoms with van der Waals surface area (Å²) in [4.78, 5) is 24.4. The Morgan fingerprint density at radius 1 is 1.38 bits per heavy atom. The summed E-state index contributed by atoms with van der Waals surface area (Å²) in [7, 11) is -2.28. The summed E-state index contributed by atoms with van der Waals surface area (Å²) >= 11 is 0. The Hall–Kier alpha value is -2.47. The Kier molecular flexibility index (Phi) is 4.71. The molecule has 142 valence electrons. The minimum Gasteiger partial charge on any atom is -0.281 e. The van der Waals surface area contributed by atoms with Gasteiger partial charge in [0.25, 0.3) is 0 Å². The topological polar surface area (TPSA) is 135 Å². The second-order valence-corrected chi connectivity index (χ2v) is 8.22. The standard InChI is InChI=1S/C14H21N7O4S/c1-9-12(10(2)17-16-9)26(24,25)20-6-4-5-11(7-20)13(22)18-21-8-15-19(3)14(21)23/h8,11H,4-7H2,1-3H3,(H,16,17)(H,18,22). The van der Waals surface area contributed by atoms with Gasteiger partial charge in [-0.2, -0.15) is 19.2 Å². The van der Waals surface area contributed by atoms with Crippen LogP contribution in [-0.2, 0) is 21.9 Å². The lowest BCUT2D eigenvalue weighted by atomic mass is 9.99. The molecule has 1 amide bonds. The molecule has 3 rings (SSSR count). The van der Waals surface area contributed by atoms with Gasteiger partial charge in [-0.1, -0.05) is 0 Å². The number of carbonyl (C=O) groups is 1. The van der Waals surface area contributed by atoms with Crippen molar-refractivity contribution in [3.8, 4) is 0 Å². The summed E-state index contributed by atoms with van der Waals surface area (Å²) in [5.41, 5.74) is 2.86. The van der Waals surface area contributed by atoms with E-state index in [1.165, 1.54) is 17.7 Å². The van der Waals surface area contributed by atoms with Crippen LogP contribution in [0.4, 0.5) is 0 Å². The highest BCUT2D eigenvalue weighted by atomic mass is 32.2. The van der Waals surface area contributed by atoms with Crippen LogP contribution < -0.4 is 11.1 Å². The summed E-state index contributed by atoms with van der Waals surface area (Å²) in [6.45, 7) is 3.66. The molecule has 1 aliphatic rings. The van der Waals surface area contributed by atoms with E-state index >= 15 is 0 Å². The van der Waals surface area contributed by atoms with Crippen molar-refractivity contribution in [1.29, 1.82) is 0 Å². The number of hydrogen-bond acceptors (Lipinski definition) is 6. The van der Waals surface area contributed by atoms with E-state index < -0.39 is 27.5 Å². The molecule has 1 fully saturated rings. The highest BCUT2D eigenvalue weighted by Gasteiger charge is 2.36. The molecule has 3 heterocycles. The van der Waals surface area contributed by atoms with Crippen molar-refractivity contribution < 1.29 is 13.2 Å². The first kappa shape index (κ1) is 18.3. The number of aromatic amines is 1. The second-order valence-electron chi connectivity index (χ2n) is 6.35. The van der Waals surface area contributed by atoms with Crippen LogP contribution in [0.5, 0.6) is 0 Å². The van der Waals surface area contributed by atoms with Crippen LogP contribution in [0.3, 0.4) is 0 Å². The molecule has 0 bridgehead atoms. The SMILES string of the molecule is Cc1n[nH]c(C)c1S(=O)(=O)N1CCCC(C(=O)Nn2cnn(C)c2=O)C1. The van der Waals surface area contributed by atoms with Crippen molar-refractivity contribution in [2.75, 3.05) is 18.5 Å². The lowest BCUT2D eigenvalue weighted by Crippen LogP contribution is -2.46. The largest absolute Gasteiger partial charge is 0.364 e. The van der Waals surface area contributed by atoms with E-state index in [-0.39, 0.29) is 11.4 Å². The zero-order chi connectivity index (χ0) is 19.1. The first-order valence-electron chi connectivity index (χ1n) is 8.15. The van der Waals surface area contributed by atoms with Gasteiger partial charge < -0.3 is 0 Å². The first-order valence-corrected chi connectivity index (χ1v) is 9.59. The van der Waals surface area contributed by atoms with Gasteiger partial charge in [-0.3, -0.25) is 15.3 Å². The number of nitrogens with one attached hydrogen (secondary N) is 2. The summed E-state index contributed by atoms with van der Waals surface area (Å²) in [6, 6.07) is 0. The molecule has 0 spiro atoms. The molecule has 0 saturated carbocycles. The molecule has 1 saturated heterocycles. The molecule has 12 heteroatoms. The molecule has 1 aliphatic heterocycles. The quantitative estimate of drug-likeness (QED) is 0.702. The maximum atomic E-state index is 12.9. The van der Waals surface area contributed by atoms with Gasteiger partial charge in [0.1, 0.15) is 11.2 Å². The molecule has 2 aromatic heterocycles. The zero-order valence-electron chi connectivity index (χ0n) is 14.8. The van der Waals surface area contributed by atoms with Gasteiger partial charge in [-0.25, -0.2) is 17.9 Å². The Labute approximate surface area is 150 Å². The predicted molar refractivity (Wildman–Crippen MR) is 91.4 cm³/mol. The Morgan fingerprint density at radius 2 is 2.12 bits per heavy atom.